The average Bonchev–Trinajstić information content (AvgIpc) is 2.95. The third kappa shape index (κ3) is 1.22. The highest BCUT2D eigenvalue weighted by molar-refractivity contribution is 5.74. The molecule has 72 valence electrons. The van der Waals surface area contributed by atoms with E-state index in [9.17, 15) is 0 Å². The zero-order valence-electron chi connectivity index (χ0n) is 8.33. The largest absolute Gasteiger partial charge is 0.342 e. The quantitative estimate of drug-likeness (QED) is 0.767. The Labute approximate surface area is 83.4 Å². The molecule has 1 fully saturated rings. The molecule has 1 aromatic carbocycles. The van der Waals surface area contributed by atoms with Crippen LogP contribution in [0.5, 0.6) is 0 Å². The molecule has 3 rings (SSSR count). The van der Waals surface area contributed by atoms with Crippen LogP contribution in [-0.2, 0) is 0 Å². The Hall–Kier alpha value is -1.31. The van der Waals surface area contributed by atoms with Gasteiger partial charge in [-0.2, -0.15) is 0 Å². The molecule has 0 radical (unpaired) electrons. The molecule has 1 aliphatic rings. The predicted molar refractivity (Wildman–Crippen MR) is 57.2 cm³/mol. The van der Waals surface area contributed by atoms with E-state index in [4.69, 9.17) is 0 Å². The number of nitrogens with zero attached hydrogens (tertiary/aromatic N) is 1. The van der Waals surface area contributed by atoms with Crippen molar-refractivity contribution in [2.45, 2.75) is 25.7 Å². The van der Waals surface area contributed by atoms with Gasteiger partial charge in [0.15, 0.2) is 0 Å². The molecule has 1 unspecified atom stereocenters. The monoisotopic (exact) mass is 186 g/mol. The van der Waals surface area contributed by atoms with Crippen LogP contribution < -0.4 is 0 Å². The fourth-order valence-electron chi connectivity index (χ4n) is 2.01. The molecule has 1 saturated carbocycles. The van der Waals surface area contributed by atoms with E-state index in [1.54, 1.807) is 0 Å². The lowest BCUT2D eigenvalue weighted by molar-refractivity contribution is 0.630. The first-order valence-electron chi connectivity index (χ1n) is 5.29. The summed E-state index contributed by atoms with van der Waals surface area (Å²) in [5, 5.41) is 0. The van der Waals surface area contributed by atoms with E-state index in [0.29, 0.717) is 5.92 Å². The Balaban J connectivity index is 2.04. The van der Waals surface area contributed by atoms with Crippen LogP contribution in [0, 0.1) is 5.92 Å². The minimum atomic E-state index is 0.599. The molecule has 14 heavy (non-hydrogen) atoms. The van der Waals surface area contributed by atoms with E-state index in [2.05, 4.69) is 29.0 Å². The van der Waals surface area contributed by atoms with E-state index in [1.807, 2.05) is 12.1 Å². The van der Waals surface area contributed by atoms with E-state index < -0.39 is 0 Å². The number of aromatic nitrogens is 2. The molecule has 1 aromatic heterocycles. The number of para-hydroxylation sites is 2. The summed E-state index contributed by atoms with van der Waals surface area (Å²) in [7, 11) is 0. The van der Waals surface area contributed by atoms with Gasteiger partial charge < -0.3 is 4.98 Å². The van der Waals surface area contributed by atoms with E-state index in [0.717, 1.165) is 22.8 Å². The number of fused-ring (bicyclic) bond motifs is 1. The summed E-state index contributed by atoms with van der Waals surface area (Å²) in [5.74, 6) is 2.63. The van der Waals surface area contributed by atoms with Gasteiger partial charge in [-0.3, -0.25) is 0 Å². The molecular weight excluding hydrogens is 172 g/mol. The molecule has 0 bridgehead atoms. The van der Waals surface area contributed by atoms with Crippen molar-refractivity contribution in [3.8, 4) is 0 Å². The lowest BCUT2D eigenvalue weighted by Gasteiger charge is -2.04. The van der Waals surface area contributed by atoms with Crippen LogP contribution in [0.1, 0.15) is 31.5 Å². The number of aromatic amines is 1. The van der Waals surface area contributed by atoms with Crippen molar-refractivity contribution in [1.82, 2.24) is 9.97 Å². The molecule has 1 heterocycles. The van der Waals surface area contributed by atoms with Gasteiger partial charge in [0, 0.05) is 5.92 Å². The molecule has 0 saturated heterocycles. The topological polar surface area (TPSA) is 28.7 Å². The van der Waals surface area contributed by atoms with Crippen molar-refractivity contribution in [2.24, 2.45) is 5.92 Å². The molecule has 2 aromatic rings. The zero-order chi connectivity index (χ0) is 9.54. The van der Waals surface area contributed by atoms with Crippen molar-refractivity contribution < 1.29 is 0 Å². The first-order chi connectivity index (χ1) is 6.84. The minimum absolute atomic E-state index is 0.599. The molecule has 2 nitrogen and oxygen atoms in total. The number of nitrogens with one attached hydrogen (secondary N) is 1. The van der Waals surface area contributed by atoms with Gasteiger partial charge >= 0.3 is 0 Å². The molecule has 1 atom stereocenters. The SMILES string of the molecule is CC(c1nc2ccccc2[nH]1)C1CC1. The van der Waals surface area contributed by atoms with Gasteiger partial charge in [0.05, 0.1) is 11.0 Å². The van der Waals surface area contributed by atoms with Crippen LogP contribution in [0.25, 0.3) is 11.0 Å². The number of H-pyrrole nitrogens is 1. The summed E-state index contributed by atoms with van der Waals surface area (Å²) < 4.78 is 0. The van der Waals surface area contributed by atoms with E-state index in [-0.39, 0.29) is 0 Å². The number of rotatable bonds is 2. The highest BCUT2D eigenvalue weighted by Gasteiger charge is 2.30. The van der Waals surface area contributed by atoms with E-state index in [1.165, 1.54) is 12.8 Å². The summed E-state index contributed by atoms with van der Waals surface area (Å²) in [4.78, 5) is 8.02. The highest BCUT2D eigenvalue weighted by Crippen LogP contribution is 2.41. The summed E-state index contributed by atoms with van der Waals surface area (Å²) in [6.45, 7) is 2.27. The highest BCUT2D eigenvalue weighted by atomic mass is 14.9. The summed E-state index contributed by atoms with van der Waals surface area (Å²) in [6.07, 6.45) is 2.75. The Morgan fingerprint density at radius 3 is 2.86 bits per heavy atom. The smallest absolute Gasteiger partial charge is 0.110 e. The Kier molecular flexibility index (Phi) is 1.63. The second kappa shape index (κ2) is 2.84. The van der Waals surface area contributed by atoms with Crippen LogP contribution in [0.4, 0.5) is 0 Å². The van der Waals surface area contributed by atoms with Crippen molar-refractivity contribution in [2.75, 3.05) is 0 Å². The summed E-state index contributed by atoms with van der Waals surface area (Å²) in [5.41, 5.74) is 2.25. The number of hydrogen-bond donors (Lipinski definition) is 1. The maximum absolute atomic E-state index is 4.62. The van der Waals surface area contributed by atoms with Crippen molar-refractivity contribution in [3.63, 3.8) is 0 Å². The average molecular weight is 186 g/mol. The van der Waals surface area contributed by atoms with Crippen LogP contribution >= 0.6 is 0 Å². The van der Waals surface area contributed by atoms with Crippen molar-refractivity contribution in [1.29, 1.82) is 0 Å². The Morgan fingerprint density at radius 1 is 1.36 bits per heavy atom. The molecule has 0 aliphatic heterocycles. The van der Waals surface area contributed by atoms with Crippen LogP contribution in [0.3, 0.4) is 0 Å². The Morgan fingerprint density at radius 2 is 2.14 bits per heavy atom. The molecule has 1 aliphatic carbocycles. The van der Waals surface area contributed by atoms with Gasteiger partial charge in [0.25, 0.3) is 0 Å². The number of imidazole rings is 1. The van der Waals surface area contributed by atoms with E-state index >= 15 is 0 Å². The molecular formula is C12H14N2. The van der Waals surface area contributed by atoms with Crippen LogP contribution in [0.2, 0.25) is 0 Å². The second-order valence-corrected chi connectivity index (χ2v) is 4.27. The zero-order valence-corrected chi connectivity index (χ0v) is 8.33. The van der Waals surface area contributed by atoms with Crippen LogP contribution in [-0.4, -0.2) is 9.97 Å². The molecule has 0 spiro atoms. The van der Waals surface area contributed by atoms with Crippen molar-refractivity contribution >= 4 is 11.0 Å². The number of hydrogen-bond acceptors (Lipinski definition) is 1. The first kappa shape index (κ1) is 8.04. The molecule has 1 N–H and O–H groups in total. The second-order valence-electron chi connectivity index (χ2n) is 4.27. The molecule has 0 amide bonds. The van der Waals surface area contributed by atoms with Gasteiger partial charge in [-0.05, 0) is 30.9 Å². The third-order valence-electron chi connectivity index (χ3n) is 3.17. The lowest BCUT2D eigenvalue weighted by atomic mass is 10.1. The summed E-state index contributed by atoms with van der Waals surface area (Å²) >= 11 is 0. The predicted octanol–water partition coefficient (Wildman–Crippen LogP) is 3.08. The fourth-order valence-corrected chi connectivity index (χ4v) is 2.01. The normalized spacial score (nSPS) is 18.6. The first-order valence-corrected chi connectivity index (χ1v) is 5.29. The maximum Gasteiger partial charge on any atom is 0.110 e. The fraction of sp³-hybridized carbons (Fsp3) is 0.417. The maximum atomic E-state index is 4.62. The van der Waals surface area contributed by atoms with Gasteiger partial charge in [0.2, 0.25) is 0 Å². The minimum Gasteiger partial charge on any atom is -0.342 e. The van der Waals surface area contributed by atoms with Gasteiger partial charge in [-0.1, -0.05) is 19.1 Å². The van der Waals surface area contributed by atoms with Crippen molar-refractivity contribution in [3.05, 3.63) is 30.1 Å². The number of benzene rings is 1. The van der Waals surface area contributed by atoms with Gasteiger partial charge in [0.1, 0.15) is 5.82 Å². The third-order valence-corrected chi connectivity index (χ3v) is 3.17. The lowest BCUT2D eigenvalue weighted by Crippen LogP contribution is -1.97. The van der Waals surface area contributed by atoms with Crippen LogP contribution in [0.15, 0.2) is 24.3 Å². The molecule has 2 heteroatoms. The van der Waals surface area contributed by atoms with Gasteiger partial charge in [-0.15, -0.1) is 0 Å². The summed E-state index contributed by atoms with van der Waals surface area (Å²) in [6, 6.07) is 8.24. The van der Waals surface area contributed by atoms with Gasteiger partial charge in [-0.25, -0.2) is 4.98 Å². The Bertz CT molecular complexity index is 421. The standard InChI is InChI=1S/C12H14N2/c1-8(9-6-7-9)12-13-10-4-2-3-5-11(10)14-12/h2-5,8-9H,6-7H2,1H3,(H,13,14).